The highest BCUT2D eigenvalue weighted by Gasteiger charge is 2.39. The summed E-state index contributed by atoms with van der Waals surface area (Å²) in [6.45, 7) is 0.990. The van der Waals surface area contributed by atoms with Crippen molar-refractivity contribution in [1.82, 2.24) is 10.2 Å². The second kappa shape index (κ2) is 13.8. The number of carbonyl (C=O) groups excluding carboxylic acids is 2. The molecule has 3 rings (SSSR count). The topological polar surface area (TPSA) is 200 Å². The van der Waals surface area contributed by atoms with Gasteiger partial charge in [-0.25, -0.2) is 9.59 Å². The second-order valence-corrected chi connectivity index (χ2v) is 7.92. The Morgan fingerprint density at radius 3 is 1.90 bits per heavy atom. The van der Waals surface area contributed by atoms with E-state index in [0.717, 1.165) is 5.56 Å². The summed E-state index contributed by atoms with van der Waals surface area (Å²) in [4.78, 5) is 44.3. The van der Waals surface area contributed by atoms with Gasteiger partial charge in [-0.05, 0) is 42.3 Å². The minimum Gasteiger partial charge on any atom is -0.475 e. The van der Waals surface area contributed by atoms with Crippen LogP contribution in [0.2, 0.25) is 0 Å². The minimum atomic E-state index is -5.08. The van der Waals surface area contributed by atoms with Crippen LogP contribution in [0.5, 0.6) is 0 Å². The number of nitrogens with zero attached hydrogens (tertiary/aromatic N) is 1. The molecule has 1 saturated heterocycles. The second-order valence-electron chi connectivity index (χ2n) is 7.92. The standard InChI is InChI=1S/C19H21N5O2.2C2HF3O2/c20-15-6-4-13(5-7-15)18(25)23-16-8-9-24(19(16)26)11-12-2-1-3-14(10-12)17(21)22;2*3-2(4,5)1(6)7/h1-7,10,16H,8-9,11,20H2,(H3,21,22)(H,23,25);2*(H,6,7)/t16-;;/m0../s1. The van der Waals surface area contributed by atoms with Gasteiger partial charge in [-0.1, -0.05) is 18.2 Å². The van der Waals surface area contributed by atoms with Gasteiger partial charge >= 0.3 is 24.3 Å². The molecule has 8 N–H and O–H groups in total. The SMILES string of the molecule is N=C(N)c1cccc(CN2CC[C@H](NC(=O)c3ccc(N)cc3)C2=O)c1.O=C(O)C(F)(F)F.O=C(O)C(F)(F)F. The van der Waals surface area contributed by atoms with E-state index in [4.69, 9.17) is 36.7 Å². The lowest BCUT2D eigenvalue weighted by Gasteiger charge is -2.18. The largest absolute Gasteiger partial charge is 0.490 e. The number of hydrogen-bond donors (Lipinski definition) is 6. The maximum absolute atomic E-state index is 12.6. The van der Waals surface area contributed by atoms with Crippen LogP contribution >= 0.6 is 0 Å². The lowest BCUT2D eigenvalue weighted by molar-refractivity contribution is -0.193. The number of rotatable bonds is 5. The monoisotopic (exact) mass is 579 g/mol. The molecule has 0 saturated carbocycles. The van der Waals surface area contributed by atoms with Crippen molar-refractivity contribution in [2.24, 2.45) is 5.73 Å². The predicted octanol–water partition coefficient (Wildman–Crippen LogP) is 2.35. The summed E-state index contributed by atoms with van der Waals surface area (Å²) in [5.41, 5.74) is 13.7. The number of benzene rings is 2. The molecule has 2 aromatic rings. The normalized spacial score (nSPS) is 14.7. The summed E-state index contributed by atoms with van der Waals surface area (Å²) in [6.07, 6.45) is -9.61. The molecule has 1 aliphatic rings. The maximum atomic E-state index is 12.6. The highest BCUT2D eigenvalue weighted by molar-refractivity contribution is 5.98. The van der Waals surface area contributed by atoms with E-state index in [1.165, 1.54) is 0 Å². The van der Waals surface area contributed by atoms with E-state index in [1.807, 2.05) is 12.1 Å². The van der Waals surface area contributed by atoms with Gasteiger partial charge in [0, 0.05) is 29.9 Å². The number of hydrogen-bond acceptors (Lipinski definition) is 6. The van der Waals surface area contributed by atoms with E-state index in [0.29, 0.717) is 36.3 Å². The number of alkyl halides is 6. The third-order valence-corrected chi connectivity index (χ3v) is 4.87. The molecule has 0 radical (unpaired) electrons. The number of halogens is 6. The van der Waals surface area contributed by atoms with E-state index in [2.05, 4.69) is 5.32 Å². The third-order valence-electron chi connectivity index (χ3n) is 4.87. The van der Waals surface area contributed by atoms with E-state index in [1.54, 1.807) is 41.3 Å². The number of nitrogens with two attached hydrogens (primary N) is 2. The van der Waals surface area contributed by atoms with Gasteiger partial charge in [0.05, 0.1) is 0 Å². The fraction of sp³-hybridized carbons (Fsp3) is 0.261. The summed E-state index contributed by atoms with van der Waals surface area (Å²) in [5, 5.41) is 24.5. The first kappa shape index (κ1) is 33.2. The molecule has 1 aliphatic heterocycles. The van der Waals surface area contributed by atoms with Crippen molar-refractivity contribution in [2.75, 3.05) is 12.3 Å². The van der Waals surface area contributed by atoms with Crippen LogP contribution in [0.25, 0.3) is 0 Å². The molecule has 0 unspecified atom stereocenters. The van der Waals surface area contributed by atoms with Crippen molar-refractivity contribution in [3.05, 3.63) is 65.2 Å². The average Bonchev–Trinajstić information content (AvgIpc) is 3.18. The Kier molecular flexibility index (Phi) is 11.5. The summed E-state index contributed by atoms with van der Waals surface area (Å²) in [7, 11) is 0. The molecule has 17 heteroatoms. The highest BCUT2D eigenvalue weighted by Crippen LogP contribution is 2.17. The van der Waals surface area contributed by atoms with Gasteiger partial charge in [0.15, 0.2) is 0 Å². The molecule has 1 fully saturated rings. The number of carboxylic acids is 2. The molecule has 11 nitrogen and oxygen atoms in total. The van der Waals surface area contributed by atoms with Gasteiger partial charge in [-0.2, -0.15) is 26.3 Å². The zero-order valence-electron chi connectivity index (χ0n) is 20.2. The average molecular weight is 579 g/mol. The van der Waals surface area contributed by atoms with Crippen LogP contribution in [-0.2, 0) is 20.9 Å². The minimum absolute atomic E-state index is 0.00626. The summed E-state index contributed by atoms with van der Waals surface area (Å²) < 4.78 is 63.5. The molecule has 0 aromatic heterocycles. The van der Waals surface area contributed by atoms with Crippen LogP contribution in [0.4, 0.5) is 32.0 Å². The molecular formula is C23H23F6N5O6. The lowest BCUT2D eigenvalue weighted by atomic mass is 10.1. The van der Waals surface area contributed by atoms with E-state index in [9.17, 15) is 35.9 Å². The molecule has 2 aromatic carbocycles. The quantitative estimate of drug-likeness (QED) is 0.134. The number of amidine groups is 1. The van der Waals surface area contributed by atoms with Gasteiger partial charge in [-0.15, -0.1) is 0 Å². The van der Waals surface area contributed by atoms with Crippen molar-refractivity contribution in [2.45, 2.75) is 31.4 Å². The van der Waals surface area contributed by atoms with Gasteiger partial charge in [0.25, 0.3) is 5.91 Å². The summed E-state index contributed by atoms with van der Waals surface area (Å²) in [5.74, 6) is -5.92. The Morgan fingerprint density at radius 1 is 0.950 bits per heavy atom. The summed E-state index contributed by atoms with van der Waals surface area (Å²) >= 11 is 0. The number of aliphatic carboxylic acids is 2. The van der Waals surface area contributed by atoms with Crippen molar-refractivity contribution in [3.63, 3.8) is 0 Å². The first-order chi connectivity index (χ1) is 18.3. The number of carboxylic acid groups (broad SMARTS) is 2. The third kappa shape index (κ3) is 10.9. The fourth-order valence-electron chi connectivity index (χ4n) is 2.96. The fourth-order valence-corrected chi connectivity index (χ4v) is 2.96. The van der Waals surface area contributed by atoms with Crippen molar-refractivity contribution in [3.8, 4) is 0 Å². The van der Waals surface area contributed by atoms with E-state index in [-0.39, 0.29) is 17.6 Å². The van der Waals surface area contributed by atoms with Gasteiger partial charge in [-0.3, -0.25) is 15.0 Å². The first-order valence-corrected chi connectivity index (χ1v) is 10.8. The highest BCUT2D eigenvalue weighted by atomic mass is 19.4. The lowest BCUT2D eigenvalue weighted by Crippen LogP contribution is -2.41. The number of nitrogen functional groups attached to an aromatic ring is 2. The summed E-state index contributed by atoms with van der Waals surface area (Å²) in [6, 6.07) is 13.3. The molecule has 1 atom stereocenters. The Morgan fingerprint density at radius 2 is 1.45 bits per heavy atom. The number of carbonyl (C=O) groups is 4. The molecule has 2 amide bonds. The number of amides is 2. The molecular weight excluding hydrogens is 556 g/mol. The Hall–Kier alpha value is -4.83. The molecule has 0 aliphatic carbocycles. The van der Waals surface area contributed by atoms with E-state index < -0.39 is 30.3 Å². The zero-order chi connectivity index (χ0) is 30.8. The van der Waals surface area contributed by atoms with E-state index >= 15 is 0 Å². The van der Waals surface area contributed by atoms with Crippen LogP contribution < -0.4 is 16.8 Å². The van der Waals surface area contributed by atoms with Crippen molar-refractivity contribution < 1.29 is 55.7 Å². The van der Waals surface area contributed by atoms with Gasteiger partial charge in [0.1, 0.15) is 11.9 Å². The van der Waals surface area contributed by atoms with Crippen LogP contribution in [0, 0.1) is 5.41 Å². The Bertz CT molecular complexity index is 1210. The zero-order valence-corrected chi connectivity index (χ0v) is 20.2. The smallest absolute Gasteiger partial charge is 0.475 e. The molecule has 218 valence electrons. The molecule has 0 bridgehead atoms. The Labute approximate surface area is 221 Å². The van der Waals surface area contributed by atoms with Crippen LogP contribution in [-0.4, -0.2) is 69.6 Å². The first-order valence-electron chi connectivity index (χ1n) is 10.8. The van der Waals surface area contributed by atoms with Crippen LogP contribution in [0.3, 0.4) is 0 Å². The van der Waals surface area contributed by atoms with Crippen molar-refractivity contribution >= 4 is 35.3 Å². The van der Waals surface area contributed by atoms with Crippen LogP contribution in [0.1, 0.15) is 27.9 Å². The Balaban J connectivity index is 0.000000473. The molecule has 0 spiro atoms. The number of nitrogens with one attached hydrogen (secondary N) is 2. The molecule has 40 heavy (non-hydrogen) atoms. The number of anilines is 1. The number of likely N-dealkylation sites (tertiary alicyclic amines) is 1. The van der Waals surface area contributed by atoms with Gasteiger partial charge < -0.3 is 31.9 Å². The van der Waals surface area contributed by atoms with Crippen LogP contribution in [0.15, 0.2) is 48.5 Å². The predicted molar refractivity (Wildman–Crippen MR) is 127 cm³/mol. The molecule has 1 heterocycles. The van der Waals surface area contributed by atoms with Gasteiger partial charge in [0.2, 0.25) is 5.91 Å². The maximum Gasteiger partial charge on any atom is 0.490 e. The van der Waals surface area contributed by atoms with Crippen molar-refractivity contribution in [1.29, 1.82) is 5.41 Å².